The van der Waals surface area contributed by atoms with Crippen LogP contribution < -0.4 is 16.0 Å². The lowest BCUT2D eigenvalue weighted by atomic mass is 10.0. The van der Waals surface area contributed by atoms with Gasteiger partial charge in [-0.25, -0.2) is 0 Å². The first kappa shape index (κ1) is 27.5. The van der Waals surface area contributed by atoms with Crippen LogP contribution in [0.3, 0.4) is 0 Å². The molecule has 0 aromatic heterocycles. The van der Waals surface area contributed by atoms with Gasteiger partial charge >= 0.3 is 11.9 Å². The molecule has 0 saturated carbocycles. The highest BCUT2D eigenvalue weighted by molar-refractivity contribution is 5.96. The summed E-state index contributed by atoms with van der Waals surface area (Å²) in [6, 6.07) is -4.72. The molecule has 0 unspecified atom stereocenters. The molecule has 0 bridgehead atoms. The minimum Gasteiger partial charge on any atom is -0.481 e. The molecule has 13 nitrogen and oxygen atoms in total. The molecule has 13 heteroatoms. The topological polar surface area (TPSA) is 199 Å². The van der Waals surface area contributed by atoms with Crippen molar-refractivity contribution in [2.24, 2.45) is 5.92 Å². The van der Waals surface area contributed by atoms with Gasteiger partial charge in [0.15, 0.2) is 0 Å². The minimum absolute atomic E-state index is 0.199. The molecule has 1 fully saturated rings. The summed E-state index contributed by atoms with van der Waals surface area (Å²) in [5.74, 6) is -5.79. The van der Waals surface area contributed by atoms with E-state index < -0.39 is 78.5 Å². The van der Waals surface area contributed by atoms with Gasteiger partial charge in [0, 0.05) is 13.5 Å². The van der Waals surface area contributed by atoms with Crippen molar-refractivity contribution in [2.75, 3.05) is 6.54 Å². The number of carbonyl (C=O) groups excluding carboxylic acids is 5. The molecule has 33 heavy (non-hydrogen) atoms. The second kappa shape index (κ2) is 12.5. The highest BCUT2D eigenvalue weighted by Crippen LogP contribution is 2.21. The van der Waals surface area contributed by atoms with E-state index in [1.807, 2.05) is 0 Å². The number of aliphatic carboxylic acids is 2. The highest BCUT2D eigenvalue weighted by atomic mass is 16.4. The maximum atomic E-state index is 13.2. The summed E-state index contributed by atoms with van der Waals surface area (Å²) in [6.07, 6.45) is -0.233. The number of likely N-dealkylation sites (tertiary alicyclic amines) is 1. The molecule has 0 aliphatic carbocycles. The molecule has 0 aromatic carbocycles. The number of nitrogens with one attached hydrogen (secondary N) is 3. The van der Waals surface area contributed by atoms with Crippen molar-refractivity contribution in [3.05, 3.63) is 0 Å². The number of aldehydes is 1. The lowest BCUT2D eigenvalue weighted by Crippen LogP contribution is -2.58. The minimum atomic E-state index is -1.39. The number of carbonyl (C=O) groups is 7. The first-order valence-corrected chi connectivity index (χ1v) is 10.4. The standard InChI is InChI=1S/C20H30N4O9/c1-10(2)17(23-18(31)13(8-16(29)30)21-11(3)26)20(33)24-6-4-5-14(24)19(32)22-12(9-25)7-15(27)28/h9-10,12-14,17H,4-8H2,1-3H3,(H,21,26)(H,22,32)(H,23,31)(H,27,28)(H,29,30)/t12-,13-,14-,17-/m0/s1. The van der Waals surface area contributed by atoms with Crippen molar-refractivity contribution < 1.29 is 43.8 Å². The maximum Gasteiger partial charge on any atom is 0.305 e. The molecule has 4 atom stereocenters. The maximum absolute atomic E-state index is 13.2. The van der Waals surface area contributed by atoms with Gasteiger partial charge in [0.05, 0.1) is 18.9 Å². The number of rotatable bonds is 12. The van der Waals surface area contributed by atoms with Gasteiger partial charge in [-0.05, 0) is 18.8 Å². The van der Waals surface area contributed by atoms with E-state index in [9.17, 15) is 33.6 Å². The van der Waals surface area contributed by atoms with Gasteiger partial charge in [0.2, 0.25) is 23.6 Å². The zero-order valence-corrected chi connectivity index (χ0v) is 18.7. The van der Waals surface area contributed by atoms with Gasteiger partial charge in [0.25, 0.3) is 0 Å². The van der Waals surface area contributed by atoms with Crippen LogP contribution in [0.5, 0.6) is 0 Å². The predicted molar refractivity (Wildman–Crippen MR) is 112 cm³/mol. The average Bonchev–Trinajstić information content (AvgIpc) is 3.19. The third-order valence-corrected chi connectivity index (χ3v) is 5.03. The van der Waals surface area contributed by atoms with Crippen LogP contribution >= 0.6 is 0 Å². The van der Waals surface area contributed by atoms with E-state index in [0.29, 0.717) is 12.7 Å². The van der Waals surface area contributed by atoms with E-state index >= 15 is 0 Å². The Hall–Kier alpha value is -3.51. The Morgan fingerprint density at radius 1 is 1.00 bits per heavy atom. The molecule has 5 N–H and O–H groups in total. The van der Waals surface area contributed by atoms with E-state index in [0.717, 1.165) is 6.92 Å². The molecule has 1 saturated heterocycles. The average molecular weight is 470 g/mol. The lowest BCUT2D eigenvalue weighted by Gasteiger charge is -2.31. The quantitative estimate of drug-likeness (QED) is 0.205. The summed E-state index contributed by atoms with van der Waals surface area (Å²) in [5, 5.41) is 24.8. The van der Waals surface area contributed by atoms with Gasteiger partial charge < -0.3 is 35.9 Å². The van der Waals surface area contributed by atoms with Crippen LogP contribution in [0.4, 0.5) is 0 Å². The summed E-state index contributed by atoms with van der Waals surface area (Å²) in [4.78, 5) is 83.9. The van der Waals surface area contributed by atoms with E-state index in [2.05, 4.69) is 16.0 Å². The summed E-state index contributed by atoms with van der Waals surface area (Å²) in [6.45, 7) is 4.62. The lowest BCUT2D eigenvalue weighted by molar-refractivity contribution is -0.144. The number of hydrogen-bond donors (Lipinski definition) is 5. The summed E-state index contributed by atoms with van der Waals surface area (Å²) in [5.41, 5.74) is 0. The SMILES string of the molecule is CC(=O)N[C@@H](CC(=O)O)C(=O)N[C@H](C(=O)N1CCC[C@H]1C(=O)N[C@H](C=O)CC(=O)O)C(C)C. The highest BCUT2D eigenvalue weighted by Gasteiger charge is 2.40. The van der Waals surface area contributed by atoms with E-state index in [4.69, 9.17) is 10.2 Å². The van der Waals surface area contributed by atoms with Crippen LogP contribution in [0.15, 0.2) is 0 Å². The van der Waals surface area contributed by atoms with Crippen LogP contribution in [0.25, 0.3) is 0 Å². The van der Waals surface area contributed by atoms with Crippen molar-refractivity contribution in [1.82, 2.24) is 20.9 Å². The normalized spacial score (nSPS) is 18.1. The third-order valence-electron chi connectivity index (χ3n) is 5.03. The second-order valence-corrected chi connectivity index (χ2v) is 8.12. The summed E-state index contributed by atoms with van der Waals surface area (Å²) in [7, 11) is 0. The molecule has 0 aromatic rings. The fourth-order valence-corrected chi connectivity index (χ4v) is 3.48. The molecular formula is C20H30N4O9. The van der Waals surface area contributed by atoms with Gasteiger partial charge in [-0.1, -0.05) is 13.8 Å². The summed E-state index contributed by atoms with van der Waals surface area (Å²) < 4.78 is 0. The Morgan fingerprint density at radius 3 is 2.09 bits per heavy atom. The Morgan fingerprint density at radius 2 is 1.61 bits per heavy atom. The van der Waals surface area contributed by atoms with Gasteiger partial charge in [-0.15, -0.1) is 0 Å². The van der Waals surface area contributed by atoms with Crippen LogP contribution in [0.2, 0.25) is 0 Å². The van der Waals surface area contributed by atoms with Gasteiger partial charge in [0.1, 0.15) is 24.4 Å². The Balaban J connectivity index is 2.98. The smallest absolute Gasteiger partial charge is 0.305 e. The second-order valence-electron chi connectivity index (χ2n) is 8.12. The number of amides is 4. The Kier molecular flexibility index (Phi) is 10.4. The predicted octanol–water partition coefficient (Wildman–Crippen LogP) is -1.74. The molecular weight excluding hydrogens is 440 g/mol. The van der Waals surface area contributed by atoms with Crippen molar-refractivity contribution in [1.29, 1.82) is 0 Å². The molecule has 4 amide bonds. The van der Waals surface area contributed by atoms with Gasteiger partial charge in [-0.3, -0.25) is 28.8 Å². The van der Waals surface area contributed by atoms with Crippen molar-refractivity contribution in [2.45, 2.75) is 70.6 Å². The third kappa shape index (κ3) is 8.50. The molecule has 0 radical (unpaired) electrons. The molecule has 1 aliphatic rings. The Bertz CT molecular complexity index is 782. The monoisotopic (exact) mass is 470 g/mol. The number of carboxylic acids is 2. The Labute approximate surface area is 190 Å². The van der Waals surface area contributed by atoms with Crippen LogP contribution in [0, 0.1) is 5.92 Å². The van der Waals surface area contributed by atoms with Crippen LogP contribution in [0.1, 0.15) is 46.5 Å². The number of nitrogens with zero attached hydrogens (tertiary/aromatic N) is 1. The van der Waals surface area contributed by atoms with Gasteiger partial charge in [-0.2, -0.15) is 0 Å². The van der Waals surface area contributed by atoms with Crippen molar-refractivity contribution >= 4 is 41.9 Å². The first-order chi connectivity index (χ1) is 15.4. The fraction of sp³-hybridized carbons (Fsp3) is 0.650. The van der Waals surface area contributed by atoms with Crippen LogP contribution in [-0.2, 0) is 33.6 Å². The fourth-order valence-electron chi connectivity index (χ4n) is 3.48. The number of hydrogen-bond acceptors (Lipinski definition) is 7. The summed E-state index contributed by atoms with van der Waals surface area (Å²) >= 11 is 0. The first-order valence-electron chi connectivity index (χ1n) is 10.4. The van der Waals surface area contributed by atoms with Crippen LogP contribution in [-0.4, -0.2) is 87.7 Å². The molecule has 1 rings (SSSR count). The molecule has 1 heterocycles. The van der Waals surface area contributed by atoms with Crippen molar-refractivity contribution in [3.63, 3.8) is 0 Å². The van der Waals surface area contributed by atoms with E-state index in [1.165, 1.54) is 4.90 Å². The number of carboxylic acid groups (broad SMARTS) is 2. The molecule has 1 aliphatic heterocycles. The largest absolute Gasteiger partial charge is 0.481 e. The molecule has 0 spiro atoms. The van der Waals surface area contributed by atoms with E-state index in [1.54, 1.807) is 13.8 Å². The van der Waals surface area contributed by atoms with Crippen molar-refractivity contribution in [3.8, 4) is 0 Å². The zero-order chi connectivity index (χ0) is 25.3. The zero-order valence-electron chi connectivity index (χ0n) is 18.7. The molecule has 184 valence electrons. The van der Waals surface area contributed by atoms with E-state index in [-0.39, 0.29) is 13.0 Å².